The second-order valence-corrected chi connectivity index (χ2v) is 6.11. The normalized spacial score (nSPS) is 13.2. The number of fused-ring (bicyclic) bond motifs is 3. The monoisotopic (exact) mass is 332 g/mol. The molecule has 2 aromatic heterocycles. The molecule has 5 heteroatoms. The SMILES string of the molecule is CCCC(C)c1nc2c(N)nc3cc(Br)ccc3c2[nH]1. The fourth-order valence-electron chi connectivity index (χ4n) is 2.57. The minimum absolute atomic E-state index is 0.400. The summed E-state index contributed by atoms with van der Waals surface area (Å²) in [7, 11) is 0. The maximum Gasteiger partial charge on any atom is 0.152 e. The van der Waals surface area contributed by atoms with Gasteiger partial charge in [0.2, 0.25) is 0 Å². The molecule has 3 rings (SSSR count). The van der Waals surface area contributed by atoms with Crippen LogP contribution in [0.3, 0.4) is 0 Å². The molecule has 3 N–H and O–H groups in total. The molecule has 0 aliphatic rings. The summed E-state index contributed by atoms with van der Waals surface area (Å²) in [5, 5.41) is 1.06. The fourth-order valence-corrected chi connectivity index (χ4v) is 2.92. The van der Waals surface area contributed by atoms with E-state index < -0.39 is 0 Å². The average Bonchev–Trinajstić information content (AvgIpc) is 2.84. The minimum Gasteiger partial charge on any atom is -0.382 e. The van der Waals surface area contributed by atoms with Crippen LogP contribution in [0.5, 0.6) is 0 Å². The summed E-state index contributed by atoms with van der Waals surface area (Å²) >= 11 is 3.46. The van der Waals surface area contributed by atoms with E-state index in [-0.39, 0.29) is 0 Å². The highest BCUT2D eigenvalue weighted by Gasteiger charge is 2.15. The lowest BCUT2D eigenvalue weighted by atomic mass is 10.1. The number of halogens is 1. The van der Waals surface area contributed by atoms with Gasteiger partial charge in [-0.1, -0.05) is 36.2 Å². The topological polar surface area (TPSA) is 67.6 Å². The van der Waals surface area contributed by atoms with Crippen molar-refractivity contribution in [3.63, 3.8) is 0 Å². The molecule has 0 saturated heterocycles. The lowest BCUT2D eigenvalue weighted by Crippen LogP contribution is -1.95. The number of aromatic nitrogens is 3. The number of hydrogen-bond donors (Lipinski definition) is 2. The van der Waals surface area contributed by atoms with E-state index in [2.05, 4.69) is 44.7 Å². The Kier molecular flexibility index (Phi) is 3.38. The van der Waals surface area contributed by atoms with Gasteiger partial charge in [0.15, 0.2) is 5.82 Å². The highest BCUT2D eigenvalue weighted by molar-refractivity contribution is 9.10. The summed E-state index contributed by atoms with van der Waals surface area (Å²) in [5.41, 5.74) is 8.69. The number of nitrogens with zero attached hydrogens (tertiary/aromatic N) is 2. The van der Waals surface area contributed by atoms with Crippen molar-refractivity contribution in [3.05, 3.63) is 28.5 Å². The second-order valence-electron chi connectivity index (χ2n) is 5.19. The molecular formula is C15H17BrN4. The predicted octanol–water partition coefficient (Wildman–Crippen LogP) is 4.36. The van der Waals surface area contributed by atoms with Crippen molar-refractivity contribution in [1.29, 1.82) is 0 Å². The van der Waals surface area contributed by atoms with E-state index in [1.807, 2.05) is 18.2 Å². The summed E-state index contributed by atoms with van der Waals surface area (Å²) in [5.74, 6) is 1.87. The zero-order valence-corrected chi connectivity index (χ0v) is 13.2. The van der Waals surface area contributed by atoms with E-state index in [1.165, 1.54) is 0 Å². The Balaban J connectivity index is 2.26. The summed E-state index contributed by atoms with van der Waals surface area (Å²) in [6, 6.07) is 6.03. The third kappa shape index (κ3) is 2.16. The number of rotatable bonds is 3. The smallest absolute Gasteiger partial charge is 0.152 e. The molecule has 0 radical (unpaired) electrons. The van der Waals surface area contributed by atoms with Crippen LogP contribution >= 0.6 is 15.9 Å². The summed E-state index contributed by atoms with van der Waals surface area (Å²) in [6.07, 6.45) is 2.25. The molecule has 104 valence electrons. The van der Waals surface area contributed by atoms with Crippen molar-refractivity contribution < 1.29 is 0 Å². The van der Waals surface area contributed by atoms with Crippen molar-refractivity contribution in [2.24, 2.45) is 0 Å². The highest BCUT2D eigenvalue weighted by atomic mass is 79.9. The molecule has 4 nitrogen and oxygen atoms in total. The Morgan fingerprint density at radius 2 is 2.15 bits per heavy atom. The Hall–Kier alpha value is -1.62. The summed E-state index contributed by atoms with van der Waals surface area (Å²) in [6.45, 7) is 4.37. The van der Waals surface area contributed by atoms with Crippen LogP contribution in [0.25, 0.3) is 21.9 Å². The highest BCUT2D eigenvalue weighted by Crippen LogP contribution is 2.30. The molecule has 1 aromatic carbocycles. The number of anilines is 1. The van der Waals surface area contributed by atoms with Crippen LogP contribution < -0.4 is 5.73 Å². The van der Waals surface area contributed by atoms with E-state index in [0.717, 1.165) is 45.1 Å². The van der Waals surface area contributed by atoms with Gasteiger partial charge in [0.1, 0.15) is 11.3 Å². The molecule has 0 aliphatic heterocycles. The van der Waals surface area contributed by atoms with E-state index in [9.17, 15) is 0 Å². The molecule has 2 heterocycles. The number of nitrogens with one attached hydrogen (secondary N) is 1. The number of hydrogen-bond acceptors (Lipinski definition) is 3. The van der Waals surface area contributed by atoms with E-state index >= 15 is 0 Å². The van der Waals surface area contributed by atoms with Crippen molar-refractivity contribution in [1.82, 2.24) is 15.0 Å². The van der Waals surface area contributed by atoms with Crippen LogP contribution in [-0.2, 0) is 0 Å². The molecule has 1 atom stereocenters. The van der Waals surface area contributed by atoms with E-state index in [0.29, 0.717) is 11.7 Å². The first-order valence-corrected chi connectivity index (χ1v) is 7.63. The predicted molar refractivity (Wildman–Crippen MR) is 86.8 cm³/mol. The molecule has 0 aliphatic carbocycles. The molecular weight excluding hydrogens is 316 g/mol. The number of nitrogens with two attached hydrogens (primary N) is 1. The zero-order chi connectivity index (χ0) is 14.3. The summed E-state index contributed by atoms with van der Waals surface area (Å²) < 4.78 is 0.996. The number of nitrogen functional groups attached to an aromatic ring is 1. The Bertz CT molecular complexity index is 778. The molecule has 0 saturated carbocycles. The Morgan fingerprint density at radius 3 is 2.90 bits per heavy atom. The number of benzene rings is 1. The molecule has 0 spiro atoms. The van der Waals surface area contributed by atoms with Crippen molar-refractivity contribution >= 4 is 43.7 Å². The number of imidazole rings is 1. The third-order valence-corrected chi connectivity index (χ3v) is 4.12. The van der Waals surface area contributed by atoms with Crippen molar-refractivity contribution in [2.45, 2.75) is 32.6 Å². The first kappa shape index (κ1) is 13.4. The van der Waals surface area contributed by atoms with Gasteiger partial charge in [-0.05, 0) is 24.6 Å². The quantitative estimate of drug-likeness (QED) is 0.748. The molecule has 20 heavy (non-hydrogen) atoms. The van der Waals surface area contributed by atoms with Gasteiger partial charge in [-0.25, -0.2) is 9.97 Å². The Morgan fingerprint density at radius 1 is 1.35 bits per heavy atom. The fraction of sp³-hybridized carbons (Fsp3) is 0.333. The number of aromatic amines is 1. The van der Waals surface area contributed by atoms with Crippen LogP contribution in [0.2, 0.25) is 0 Å². The van der Waals surface area contributed by atoms with Gasteiger partial charge in [-0.2, -0.15) is 0 Å². The molecule has 0 fully saturated rings. The first-order chi connectivity index (χ1) is 9.60. The van der Waals surface area contributed by atoms with Gasteiger partial charge >= 0.3 is 0 Å². The largest absolute Gasteiger partial charge is 0.382 e. The maximum absolute atomic E-state index is 6.05. The van der Waals surface area contributed by atoms with Gasteiger partial charge in [0.25, 0.3) is 0 Å². The number of H-pyrrole nitrogens is 1. The van der Waals surface area contributed by atoms with Gasteiger partial charge in [0, 0.05) is 15.8 Å². The summed E-state index contributed by atoms with van der Waals surface area (Å²) in [4.78, 5) is 12.5. The lowest BCUT2D eigenvalue weighted by Gasteiger charge is -2.04. The standard InChI is InChI=1S/C15H17BrN4/c1-3-4-8(2)15-19-12-10-6-5-9(16)7-11(10)18-14(17)13(12)20-15/h5-8H,3-4H2,1-2H3,(H2,17,18)(H,19,20). The van der Waals surface area contributed by atoms with Crippen LogP contribution in [0.15, 0.2) is 22.7 Å². The van der Waals surface area contributed by atoms with Gasteiger partial charge in [0.05, 0.1) is 11.0 Å². The maximum atomic E-state index is 6.05. The first-order valence-electron chi connectivity index (χ1n) is 6.84. The van der Waals surface area contributed by atoms with Crippen LogP contribution in [0, 0.1) is 0 Å². The third-order valence-electron chi connectivity index (χ3n) is 3.62. The van der Waals surface area contributed by atoms with Crippen LogP contribution in [0.4, 0.5) is 5.82 Å². The average molecular weight is 333 g/mol. The second kappa shape index (κ2) is 5.05. The van der Waals surface area contributed by atoms with Crippen LogP contribution in [-0.4, -0.2) is 15.0 Å². The van der Waals surface area contributed by atoms with E-state index in [4.69, 9.17) is 5.73 Å². The Labute approximate surface area is 125 Å². The number of pyridine rings is 1. The van der Waals surface area contributed by atoms with Crippen molar-refractivity contribution in [2.75, 3.05) is 5.73 Å². The van der Waals surface area contributed by atoms with Crippen molar-refractivity contribution in [3.8, 4) is 0 Å². The van der Waals surface area contributed by atoms with Crippen LogP contribution in [0.1, 0.15) is 38.4 Å². The molecule has 1 unspecified atom stereocenters. The van der Waals surface area contributed by atoms with E-state index in [1.54, 1.807) is 0 Å². The molecule has 0 amide bonds. The zero-order valence-electron chi connectivity index (χ0n) is 11.6. The van der Waals surface area contributed by atoms with Gasteiger partial charge < -0.3 is 10.7 Å². The minimum atomic E-state index is 0.400. The molecule has 0 bridgehead atoms. The van der Waals surface area contributed by atoms with Gasteiger partial charge in [-0.3, -0.25) is 0 Å². The lowest BCUT2D eigenvalue weighted by molar-refractivity contribution is 0.636. The molecule has 3 aromatic rings. The van der Waals surface area contributed by atoms with Gasteiger partial charge in [-0.15, -0.1) is 0 Å².